The number of benzene rings is 1. The van der Waals surface area contributed by atoms with Crippen molar-refractivity contribution in [1.29, 1.82) is 0 Å². The van der Waals surface area contributed by atoms with Crippen LogP contribution in [0.1, 0.15) is 12.0 Å². The fourth-order valence-corrected chi connectivity index (χ4v) is 5.11. The number of alkyl halides is 3. The highest BCUT2D eigenvalue weighted by atomic mass is 32.2. The highest BCUT2D eigenvalue weighted by molar-refractivity contribution is 7.91. The number of hydrogen-bond donors (Lipinski definition) is 0. The summed E-state index contributed by atoms with van der Waals surface area (Å²) in [6.45, 7) is 0. The number of anilines is 1. The monoisotopic (exact) mass is 319 g/mol. The molecule has 1 amide bonds. The lowest BCUT2D eigenvalue weighted by Gasteiger charge is -2.23. The Bertz CT molecular complexity index is 682. The third kappa shape index (κ3) is 2.52. The predicted molar refractivity (Wildman–Crippen MR) is 69.5 cm³/mol. The summed E-state index contributed by atoms with van der Waals surface area (Å²) in [6.07, 6.45) is -4.31. The highest BCUT2D eigenvalue weighted by Gasteiger charge is 2.49. The normalized spacial score (nSPS) is 28.0. The predicted octanol–water partition coefficient (Wildman–Crippen LogP) is 1.86. The summed E-state index contributed by atoms with van der Waals surface area (Å²) >= 11 is 0. The maximum atomic E-state index is 12.5. The highest BCUT2D eigenvalue weighted by Crippen LogP contribution is 2.38. The Morgan fingerprint density at radius 1 is 1.10 bits per heavy atom. The van der Waals surface area contributed by atoms with Crippen molar-refractivity contribution in [3.63, 3.8) is 0 Å². The number of carbonyl (C=O) groups excluding carboxylic acids is 1. The molecule has 0 N–H and O–H groups in total. The molecule has 114 valence electrons. The summed E-state index contributed by atoms with van der Waals surface area (Å²) < 4.78 is 60.8. The number of carbonyl (C=O) groups is 1. The Labute approximate surface area is 119 Å². The topological polar surface area (TPSA) is 54.5 Å². The zero-order chi connectivity index (χ0) is 15.4. The van der Waals surface area contributed by atoms with Crippen LogP contribution in [0.3, 0.4) is 0 Å². The van der Waals surface area contributed by atoms with Gasteiger partial charge in [-0.05, 0) is 24.3 Å². The van der Waals surface area contributed by atoms with Gasteiger partial charge in [-0.15, -0.1) is 0 Å². The number of sulfone groups is 1. The molecule has 0 bridgehead atoms. The van der Waals surface area contributed by atoms with Crippen LogP contribution in [0.15, 0.2) is 24.3 Å². The van der Waals surface area contributed by atoms with Crippen LogP contribution >= 0.6 is 0 Å². The first-order valence-corrected chi connectivity index (χ1v) is 8.19. The summed E-state index contributed by atoms with van der Waals surface area (Å²) in [5.41, 5.74) is -0.480. The Kier molecular flexibility index (Phi) is 3.05. The van der Waals surface area contributed by atoms with Crippen molar-refractivity contribution in [2.45, 2.75) is 18.6 Å². The first-order chi connectivity index (χ1) is 9.67. The van der Waals surface area contributed by atoms with Crippen molar-refractivity contribution in [1.82, 2.24) is 0 Å². The fraction of sp³-hybridized carbons (Fsp3) is 0.462. The van der Waals surface area contributed by atoms with E-state index < -0.39 is 27.6 Å². The van der Waals surface area contributed by atoms with E-state index in [2.05, 4.69) is 0 Å². The van der Waals surface area contributed by atoms with E-state index in [1.54, 1.807) is 0 Å². The van der Waals surface area contributed by atoms with Crippen molar-refractivity contribution in [2.24, 2.45) is 5.92 Å². The van der Waals surface area contributed by atoms with Crippen molar-refractivity contribution in [2.75, 3.05) is 16.4 Å². The van der Waals surface area contributed by atoms with Gasteiger partial charge in [0.15, 0.2) is 9.84 Å². The molecule has 3 rings (SSSR count). The number of fused-ring (bicyclic) bond motifs is 1. The van der Waals surface area contributed by atoms with Gasteiger partial charge in [-0.3, -0.25) is 4.79 Å². The molecule has 2 aliphatic rings. The van der Waals surface area contributed by atoms with Gasteiger partial charge in [0.25, 0.3) is 0 Å². The van der Waals surface area contributed by atoms with Gasteiger partial charge in [-0.25, -0.2) is 8.42 Å². The van der Waals surface area contributed by atoms with E-state index >= 15 is 0 Å². The third-order valence-electron chi connectivity index (χ3n) is 3.95. The van der Waals surface area contributed by atoms with E-state index in [-0.39, 0.29) is 29.8 Å². The number of amides is 1. The number of nitrogens with zero attached hydrogens (tertiary/aromatic N) is 1. The maximum absolute atomic E-state index is 12.5. The van der Waals surface area contributed by atoms with Crippen LogP contribution in [0, 0.1) is 5.92 Å². The van der Waals surface area contributed by atoms with Crippen LogP contribution in [0.25, 0.3) is 0 Å². The molecule has 0 saturated carbocycles. The van der Waals surface area contributed by atoms with E-state index in [0.29, 0.717) is 5.69 Å². The average Bonchev–Trinajstić information content (AvgIpc) is 2.78. The molecule has 2 atom stereocenters. The van der Waals surface area contributed by atoms with Crippen molar-refractivity contribution >= 4 is 21.4 Å². The van der Waals surface area contributed by atoms with Gasteiger partial charge in [0.1, 0.15) is 0 Å². The van der Waals surface area contributed by atoms with Crippen LogP contribution in [-0.4, -0.2) is 31.9 Å². The number of rotatable bonds is 1. The smallest absolute Gasteiger partial charge is 0.308 e. The SMILES string of the molecule is O=C1C[C@H]2CS(=O)(=O)C[C@@H]2N1c1ccc(C(F)(F)F)cc1. The molecule has 0 unspecified atom stereocenters. The average molecular weight is 319 g/mol. The van der Waals surface area contributed by atoms with Crippen molar-refractivity contribution in [3.05, 3.63) is 29.8 Å². The van der Waals surface area contributed by atoms with Gasteiger partial charge in [0.05, 0.1) is 23.1 Å². The van der Waals surface area contributed by atoms with Gasteiger partial charge in [-0.2, -0.15) is 13.2 Å². The summed E-state index contributed by atoms with van der Waals surface area (Å²) in [7, 11) is -3.18. The zero-order valence-electron chi connectivity index (χ0n) is 10.8. The quantitative estimate of drug-likeness (QED) is 0.794. The minimum atomic E-state index is -4.44. The Morgan fingerprint density at radius 3 is 2.29 bits per heavy atom. The molecule has 1 aromatic rings. The minimum absolute atomic E-state index is 0.0272. The second kappa shape index (κ2) is 4.46. The fourth-order valence-electron chi connectivity index (χ4n) is 3.04. The van der Waals surface area contributed by atoms with Crippen LogP contribution in [0.2, 0.25) is 0 Å². The maximum Gasteiger partial charge on any atom is 0.416 e. The summed E-state index contributed by atoms with van der Waals surface area (Å²) in [5.74, 6) is -0.644. The van der Waals surface area contributed by atoms with E-state index in [1.165, 1.54) is 17.0 Å². The largest absolute Gasteiger partial charge is 0.416 e. The second-order valence-corrected chi connectivity index (χ2v) is 7.57. The molecular formula is C13H12F3NO3S. The summed E-state index contributed by atoms with van der Waals surface area (Å²) in [5, 5.41) is 0. The van der Waals surface area contributed by atoms with Crippen molar-refractivity contribution < 1.29 is 26.4 Å². The molecular weight excluding hydrogens is 307 g/mol. The second-order valence-electron chi connectivity index (χ2n) is 5.42. The number of halogens is 3. The summed E-state index contributed by atoms with van der Waals surface area (Å²) in [6, 6.07) is 3.78. The first-order valence-electron chi connectivity index (χ1n) is 6.37. The van der Waals surface area contributed by atoms with Crippen LogP contribution in [0.4, 0.5) is 18.9 Å². The molecule has 4 nitrogen and oxygen atoms in total. The van der Waals surface area contributed by atoms with Gasteiger partial charge in [0.2, 0.25) is 5.91 Å². The van der Waals surface area contributed by atoms with E-state index in [4.69, 9.17) is 0 Å². The third-order valence-corrected chi connectivity index (χ3v) is 5.73. The van der Waals surface area contributed by atoms with Gasteiger partial charge in [-0.1, -0.05) is 0 Å². The molecule has 2 fully saturated rings. The van der Waals surface area contributed by atoms with Crippen LogP contribution < -0.4 is 4.90 Å². The molecule has 2 saturated heterocycles. The van der Waals surface area contributed by atoms with Gasteiger partial charge in [0, 0.05) is 18.0 Å². The molecule has 1 aromatic carbocycles. The Morgan fingerprint density at radius 2 is 1.71 bits per heavy atom. The zero-order valence-corrected chi connectivity index (χ0v) is 11.6. The molecule has 0 aromatic heterocycles. The molecule has 8 heteroatoms. The molecule has 21 heavy (non-hydrogen) atoms. The van der Waals surface area contributed by atoms with Crippen LogP contribution in [0.5, 0.6) is 0 Å². The number of hydrogen-bond acceptors (Lipinski definition) is 3. The molecule has 0 radical (unpaired) electrons. The first kappa shape index (κ1) is 14.4. The van der Waals surface area contributed by atoms with Crippen LogP contribution in [-0.2, 0) is 20.8 Å². The minimum Gasteiger partial charge on any atom is -0.308 e. The van der Waals surface area contributed by atoms with E-state index in [1.807, 2.05) is 0 Å². The molecule has 2 aliphatic heterocycles. The lowest BCUT2D eigenvalue weighted by Crippen LogP contribution is -2.36. The van der Waals surface area contributed by atoms with E-state index in [0.717, 1.165) is 12.1 Å². The molecule has 0 spiro atoms. The Hall–Kier alpha value is -1.57. The lowest BCUT2D eigenvalue weighted by atomic mass is 10.0. The molecule has 2 heterocycles. The van der Waals surface area contributed by atoms with E-state index in [9.17, 15) is 26.4 Å². The molecule has 0 aliphatic carbocycles. The standard InChI is InChI=1S/C13H12F3NO3S/c14-13(15,16)9-1-3-10(4-2-9)17-11-7-21(19,20)6-8(11)5-12(17)18/h1-4,8,11H,5-7H2/t8-,11-/m0/s1. The van der Waals surface area contributed by atoms with Gasteiger partial charge < -0.3 is 4.90 Å². The van der Waals surface area contributed by atoms with Gasteiger partial charge >= 0.3 is 6.18 Å². The summed E-state index contributed by atoms with van der Waals surface area (Å²) in [4.78, 5) is 13.3. The van der Waals surface area contributed by atoms with Crippen molar-refractivity contribution in [3.8, 4) is 0 Å². The lowest BCUT2D eigenvalue weighted by molar-refractivity contribution is -0.137. The Balaban J connectivity index is 1.91.